The molecule has 5 rings (SSSR count). The zero-order chi connectivity index (χ0) is 18.2. The van der Waals surface area contributed by atoms with Crippen LogP contribution < -0.4 is 15.6 Å². The van der Waals surface area contributed by atoms with E-state index < -0.39 is 0 Å². The highest BCUT2D eigenvalue weighted by molar-refractivity contribution is 7.98. The maximum atomic E-state index is 12.6. The number of nitrogens with one attached hydrogen (secondary N) is 1. The quantitative estimate of drug-likeness (QED) is 0.864. The van der Waals surface area contributed by atoms with Crippen LogP contribution >= 0.6 is 11.8 Å². The first-order valence-corrected chi connectivity index (χ1v) is 10.7. The van der Waals surface area contributed by atoms with Crippen LogP contribution in [-0.4, -0.2) is 41.4 Å². The number of benzene rings is 1. The molecule has 142 valence electrons. The maximum absolute atomic E-state index is 12.6. The van der Waals surface area contributed by atoms with Crippen LogP contribution in [0.3, 0.4) is 0 Å². The van der Waals surface area contributed by atoms with Crippen molar-refractivity contribution >= 4 is 11.8 Å². The molecule has 1 aromatic carbocycles. The van der Waals surface area contributed by atoms with Gasteiger partial charge in [-0.25, -0.2) is 4.68 Å². The molecule has 27 heavy (non-hydrogen) atoms. The van der Waals surface area contributed by atoms with E-state index in [1.54, 1.807) is 10.7 Å². The van der Waals surface area contributed by atoms with Gasteiger partial charge in [-0.05, 0) is 28.5 Å². The molecule has 0 radical (unpaired) electrons. The van der Waals surface area contributed by atoms with Gasteiger partial charge in [0, 0.05) is 31.2 Å². The van der Waals surface area contributed by atoms with Gasteiger partial charge in [0.1, 0.15) is 5.75 Å². The molecule has 1 fully saturated rings. The Balaban J connectivity index is 1.33. The number of aromatic nitrogens is 2. The van der Waals surface area contributed by atoms with Gasteiger partial charge in [-0.3, -0.25) is 4.79 Å². The van der Waals surface area contributed by atoms with E-state index in [2.05, 4.69) is 23.5 Å². The lowest BCUT2D eigenvalue weighted by Gasteiger charge is -2.23. The average Bonchev–Trinajstić information content (AvgIpc) is 3.34. The van der Waals surface area contributed by atoms with E-state index >= 15 is 0 Å². The smallest absolute Gasteiger partial charge is 0.267 e. The van der Waals surface area contributed by atoms with Gasteiger partial charge in [0.25, 0.3) is 5.56 Å². The molecule has 1 aromatic heterocycles. The zero-order valence-electron chi connectivity index (χ0n) is 15.1. The molecule has 0 spiro atoms. The van der Waals surface area contributed by atoms with E-state index in [9.17, 15) is 4.79 Å². The molecule has 2 aromatic rings. The summed E-state index contributed by atoms with van der Waals surface area (Å²) in [4.78, 5) is 12.6. The SMILES string of the molecule is O=c1cc2c(nn1C1COCC1NCc1ccc3c(c1)CCO3)CCSC2. The Hall–Kier alpha value is -1.83. The first-order valence-electron chi connectivity index (χ1n) is 9.53. The first-order chi connectivity index (χ1) is 13.3. The Kier molecular flexibility index (Phi) is 4.67. The van der Waals surface area contributed by atoms with Gasteiger partial charge in [0.2, 0.25) is 0 Å². The van der Waals surface area contributed by atoms with Crippen LogP contribution in [0, 0.1) is 0 Å². The first kappa shape index (κ1) is 17.3. The largest absolute Gasteiger partial charge is 0.493 e. The second-order valence-corrected chi connectivity index (χ2v) is 8.44. The van der Waals surface area contributed by atoms with E-state index in [1.807, 2.05) is 11.8 Å². The van der Waals surface area contributed by atoms with Crippen LogP contribution in [0.25, 0.3) is 0 Å². The molecule has 7 heteroatoms. The van der Waals surface area contributed by atoms with Crippen LogP contribution in [-0.2, 0) is 29.9 Å². The highest BCUT2D eigenvalue weighted by Gasteiger charge is 2.31. The van der Waals surface area contributed by atoms with Crippen molar-refractivity contribution in [1.82, 2.24) is 15.1 Å². The number of aryl methyl sites for hydroxylation is 1. The molecular formula is C20H23N3O3S. The molecule has 0 bridgehead atoms. The van der Waals surface area contributed by atoms with Gasteiger partial charge in [0.15, 0.2) is 0 Å². The standard InChI is InChI=1S/C20H23N3O3S/c24-20-8-15-12-27-6-4-16(15)22-23(20)18-11-25-10-17(18)21-9-13-1-2-19-14(7-13)3-5-26-19/h1-2,7-8,17-18,21H,3-6,9-12H2. The molecule has 2 atom stereocenters. The number of thioether (sulfide) groups is 1. The molecule has 4 heterocycles. The number of hydrogen-bond acceptors (Lipinski definition) is 6. The minimum absolute atomic E-state index is 0.0202. The minimum Gasteiger partial charge on any atom is -0.493 e. The van der Waals surface area contributed by atoms with Crippen LogP contribution in [0.4, 0.5) is 0 Å². The molecule has 6 nitrogen and oxygen atoms in total. The molecule has 0 aliphatic carbocycles. The summed E-state index contributed by atoms with van der Waals surface area (Å²) in [5.41, 5.74) is 4.65. The summed E-state index contributed by atoms with van der Waals surface area (Å²) in [6.45, 7) is 2.64. The van der Waals surface area contributed by atoms with Crippen molar-refractivity contribution < 1.29 is 9.47 Å². The lowest BCUT2D eigenvalue weighted by Crippen LogP contribution is -2.41. The fourth-order valence-electron chi connectivity index (χ4n) is 4.04. The lowest BCUT2D eigenvalue weighted by atomic mass is 10.1. The van der Waals surface area contributed by atoms with E-state index in [-0.39, 0.29) is 17.6 Å². The van der Waals surface area contributed by atoms with Crippen molar-refractivity contribution in [2.45, 2.75) is 37.2 Å². The van der Waals surface area contributed by atoms with E-state index in [1.165, 1.54) is 11.1 Å². The molecule has 3 aliphatic rings. The lowest BCUT2D eigenvalue weighted by molar-refractivity contribution is 0.180. The Morgan fingerprint density at radius 3 is 3.15 bits per heavy atom. The number of hydrogen-bond donors (Lipinski definition) is 1. The molecular weight excluding hydrogens is 362 g/mol. The van der Waals surface area contributed by atoms with Crippen LogP contribution in [0.1, 0.15) is 28.4 Å². The normalized spacial score (nSPS) is 23.7. The Morgan fingerprint density at radius 1 is 1.22 bits per heavy atom. The minimum atomic E-state index is -0.0601. The molecule has 0 saturated carbocycles. The number of ether oxygens (including phenoxy) is 2. The molecule has 2 unspecified atom stereocenters. The summed E-state index contributed by atoms with van der Waals surface area (Å²) < 4.78 is 12.9. The maximum Gasteiger partial charge on any atom is 0.267 e. The van der Waals surface area contributed by atoms with Crippen molar-refractivity contribution in [3.05, 3.63) is 57.0 Å². The topological polar surface area (TPSA) is 65.4 Å². The average molecular weight is 385 g/mol. The summed E-state index contributed by atoms with van der Waals surface area (Å²) in [5.74, 6) is 2.97. The molecule has 3 aliphatic heterocycles. The Labute approximate surface area is 162 Å². The van der Waals surface area contributed by atoms with Gasteiger partial charge in [-0.1, -0.05) is 12.1 Å². The Morgan fingerprint density at radius 2 is 2.19 bits per heavy atom. The van der Waals surface area contributed by atoms with Gasteiger partial charge < -0.3 is 14.8 Å². The third kappa shape index (κ3) is 3.39. The number of nitrogens with zero attached hydrogens (tertiary/aromatic N) is 2. The van der Waals surface area contributed by atoms with Crippen molar-refractivity contribution in [2.75, 3.05) is 25.6 Å². The van der Waals surface area contributed by atoms with Gasteiger partial charge in [-0.15, -0.1) is 0 Å². The van der Waals surface area contributed by atoms with Gasteiger partial charge in [0.05, 0.1) is 37.6 Å². The van der Waals surface area contributed by atoms with Crippen molar-refractivity contribution in [2.24, 2.45) is 0 Å². The fraction of sp³-hybridized carbons (Fsp3) is 0.500. The summed E-state index contributed by atoms with van der Waals surface area (Å²) in [6, 6.07) is 8.15. The number of rotatable bonds is 4. The zero-order valence-corrected chi connectivity index (χ0v) is 16.0. The summed E-state index contributed by atoms with van der Waals surface area (Å²) in [7, 11) is 0. The molecule has 1 saturated heterocycles. The van der Waals surface area contributed by atoms with Gasteiger partial charge in [-0.2, -0.15) is 16.9 Å². The predicted molar refractivity (Wildman–Crippen MR) is 104 cm³/mol. The molecule has 1 N–H and O–H groups in total. The monoisotopic (exact) mass is 385 g/mol. The van der Waals surface area contributed by atoms with Crippen LogP contribution in [0.2, 0.25) is 0 Å². The second-order valence-electron chi connectivity index (χ2n) is 7.33. The second kappa shape index (κ2) is 7.30. The van der Waals surface area contributed by atoms with Crippen molar-refractivity contribution in [1.29, 1.82) is 0 Å². The van der Waals surface area contributed by atoms with E-state index in [0.717, 1.165) is 54.5 Å². The van der Waals surface area contributed by atoms with Crippen LogP contribution in [0.15, 0.2) is 29.1 Å². The van der Waals surface area contributed by atoms with Crippen LogP contribution in [0.5, 0.6) is 5.75 Å². The van der Waals surface area contributed by atoms with E-state index in [0.29, 0.717) is 13.2 Å². The number of fused-ring (bicyclic) bond motifs is 2. The summed E-state index contributed by atoms with van der Waals surface area (Å²) >= 11 is 1.86. The third-order valence-electron chi connectivity index (χ3n) is 5.55. The Bertz CT molecular complexity index is 914. The highest BCUT2D eigenvalue weighted by Crippen LogP contribution is 2.27. The van der Waals surface area contributed by atoms with E-state index in [4.69, 9.17) is 14.6 Å². The fourth-order valence-corrected chi connectivity index (χ4v) is 5.00. The van der Waals surface area contributed by atoms with Crippen molar-refractivity contribution in [3.8, 4) is 5.75 Å². The third-order valence-corrected chi connectivity index (χ3v) is 6.56. The predicted octanol–water partition coefficient (Wildman–Crippen LogP) is 1.70. The van der Waals surface area contributed by atoms with Crippen molar-refractivity contribution in [3.63, 3.8) is 0 Å². The highest BCUT2D eigenvalue weighted by atomic mass is 32.2. The van der Waals surface area contributed by atoms with Gasteiger partial charge >= 0.3 is 0 Å². The summed E-state index contributed by atoms with van der Waals surface area (Å²) in [6.07, 6.45) is 1.91. The molecule has 0 amide bonds. The summed E-state index contributed by atoms with van der Waals surface area (Å²) in [5, 5.41) is 8.28.